The normalized spacial score (nSPS) is 14.4. The number of aromatic nitrogens is 4. The summed E-state index contributed by atoms with van der Waals surface area (Å²) in [7, 11) is 1.58. The van der Waals surface area contributed by atoms with Crippen molar-refractivity contribution in [1.82, 2.24) is 30.4 Å². The molecule has 0 bridgehead atoms. The molecule has 0 unspecified atom stereocenters. The molecule has 1 aliphatic carbocycles. The Kier molecular flexibility index (Phi) is 8.48. The van der Waals surface area contributed by atoms with E-state index in [2.05, 4.69) is 20.7 Å². The zero-order chi connectivity index (χ0) is 27.9. The van der Waals surface area contributed by atoms with Crippen LogP contribution in [-0.4, -0.2) is 50.1 Å². The Labute approximate surface area is 231 Å². The highest BCUT2D eigenvalue weighted by atomic mass is 19.1. The average Bonchev–Trinajstić information content (AvgIpc) is 3.67. The lowest BCUT2D eigenvalue weighted by Crippen LogP contribution is -2.47. The Bertz CT molecular complexity index is 1400. The summed E-state index contributed by atoms with van der Waals surface area (Å²) < 4.78 is 24.6. The molecular weight excluding hydrogens is 515 g/mol. The molecule has 1 saturated carbocycles. The summed E-state index contributed by atoms with van der Waals surface area (Å²) in [5.41, 5.74) is 1.20. The minimum atomic E-state index is -1.02. The number of benzene rings is 2. The minimum Gasteiger partial charge on any atom is -0.497 e. The molecule has 1 N–H and O–H groups in total. The van der Waals surface area contributed by atoms with Gasteiger partial charge in [-0.2, -0.15) is 4.80 Å². The van der Waals surface area contributed by atoms with Crippen molar-refractivity contribution in [2.45, 2.75) is 57.3 Å². The number of hydrogen-bond donors (Lipinski definition) is 1. The van der Waals surface area contributed by atoms with Crippen molar-refractivity contribution < 1.29 is 23.1 Å². The van der Waals surface area contributed by atoms with Gasteiger partial charge in [0.15, 0.2) is 0 Å². The molecule has 10 nitrogen and oxygen atoms in total. The van der Waals surface area contributed by atoms with Crippen LogP contribution in [0.5, 0.6) is 5.75 Å². The van der Waals surface area contributed by atoms with E-state index in [1.807, 2.05) is 0 Å². The summed E-state index contributed by atoms with van der Waals surface area (Å²) in [5.74, 6) is 0.344. The Morgan fingerprint density at radius 1 is 1.10 bits per heavy atom. The molecule has 0 radical (unpaired) electrons. The van der Waals surface area contributed by atoms with Crippen LogP contribution in [0.25, 0.3) is 11.4 Å². The van der Waals surface area contributed by atoms with E-state index in [9.17, 15) is 14.0 Å². The highest BCUT2D eigenvalue weighted by Gasteiger charge is 2.34. The molecule has 40 heavy (non-hydrogen) atoms. The smallest absolute Gasteiger partial charge is 0.247 e. The van der Waals surface area contributed by atoms with Gasteiger partial charge in [-0.1, -0.05) is 31.4 Å². The van der Waals surface area contributed by atoms with Crippen molar-refractivity contribution >= 4 is 11.8 Å². The molecule has 5 rings (SSSR count). The van der Waals surface area contributed by atoms with Gasteiger partial charge in [0.2, 0.25) is 17.6 Å². The number of ether oxygens (including phenoxy) is 1. The number of carbonyl (C=O) groups excluding carboxylic acids is 2. The third kappa shape index (κ3) is 6.53. The highest BCUT2D eigenvalue weighted by Crippen LogP contribution is 2.27. The molecule has 11 heteroatoms. The van der Waals surface area contributed by atoms with Gasteiger partial charge in [0.1, 0.15) is 29.9 Å². The first-order chi connectivity index (χ1) is 19.5. The van der Waals surface area contributed by atoms with Crippen LogP contribution in [0.4, 0.5) is 4.39 Å². The Morgan fingerprint density at radius 3 is 2.52 bits per heavy atom. The summed E-state index contributed by atoms with van der Waals surface area (Å²) in [5, 5.41) is 15.6. The fraction of sp³-hybridized carbons (Fsp3) is 0.345. The van der Waals surface area contributed by atoms with Crippen LogP contribution in [0.1, 0.15) is 49.5 Å². The predicted octanol–water partition coefficient (Wildman–Crippen LogP) is 4.30. The van der Waals surface area contributed by atoms with Gasteiger partial charge in [0.05, 0.1) is 19.9 Å². The lowest BCUT2D eigenvalue weighted by Gasteiger charge is -2.33. The maximum Gasteiger partial charge on any atom is 0.247 e. The van der Waals surface area contributed by atoms with Crippen LogP contribution in [-0.2, 0) is 22.7 Å². The van der Waals surface area contributed by atoms with Gasteiger partial charge in [-0.15, -0.1) is 10.2 Å². The molecule has 0 spiro atoms. The van der Waals surface area contributed by atoms with Crippen LogP contribution >= 0.6 is 0 Å². The largest absolute Gasteiger partial charge is 0.497 e. The van der Waals surface area contributed by atoms with Crippen LogP contribution in [0.2, 0.25) is 0 Å². The molecule has 0 aliphatic heterocycles. The summed E-state index contributed by atoms with van der Waals surface area (Å²) >= 11 is 0. The summed E-state index contributed by atoms with van der Waals surface area (Å²) in [4.78, 5) is 30.2. The van der Waals surface area contributed by atoms with Gasteiger partial charge in [-0.25, -0.2) is 4.39 Å². The fourth-order valence-corrected chi connectivity index (χ4v) is 4.92. The van der Waals surface area contributed by atoms with E-state index in [1.54, 1.807) is 43.5 Å². The molecule has 1 fully saturated rings. The van der Waals surface area contributed by atoms with Gasteiger partial charge in [-0.3, -0.25) is 9.59 Å². The predicted molar refractivity (Wildman–Crippen MR) is 143 cm³/mol. The number of rotatable bonds is 10. The van der Waals surface area contributed by atoms with E-state index in [0.717, 1.165) is 32.1 Å². The second-order valence-electron chi connectivity index (χ2n) is 9.77. The van der Waals surface area contributed by atoms with Gasteiger partial charge in [-0.05, 0) is 72.1 Å². The Hall–Kier alpha value is -4.54. The molecular formula is C29H31FN6O4. The molecule has 0 saturated heterocycles. The van der Waals surface area contributed by atoms with Gasteiger partial charge in [0, 0.05) is 11.6 Å². The molecule has 2 amide bonds. The average molecular weight is 547 g/mol. The first-order valence-electron chi connectivity index (χ1n) is 13.3. The number of nitrogens with zero attached hydrogens (tertiary/aromatic N) is 5. The van der Waals surface area contributed by atoms with Crippen molar-refractivity contribution in [3.05, 3.63) is 84.1 Å². The zero-order valence-corrected chi connectivity index (χ0v) is 22.2. The van der Waals surface area contributed by atoms with Crippen molar-refractivity contribution in [2.24, 2.45) is 0 Å². The van der Waals surface area contributed by atoms with Crippen molar-refractivity contribution in [2.75, 3.05) is 7.11 Å². The molecule has 2 aromatic heterocycles. The third-order valence-corrected chi connectivity index (χ3v) is 7.00. The lowest BCUT2D eigenvalue weighted by atomic mass is 9.94. The van der Waals surface area contributed by atoms with Crippen LogP contribution in [0.3, 0.4) is 0 Å². The number of furan rings is 1. The number of nitrogens with one attached hydrogen (secondary N) is 1. The van der Waals surface area contributed by atoms with E-state index in [1.165, 1.54) is 40.2 Å². The Morgan fingerprint density at radius 2 is 1.85 bits per heavy atom. The number of methoxy groups -OCH3 is 1. The first-order valence-corrected chi connectivity index (χ1v) is 13.3. The molecule has 2 heterocycles. The fourth-order valence-electron chi connectivity index (χ4n) is 4.92. The number of amides is 2. The maximum atomic E-state index is 13.8. The van der Waals surface area contributed by atoms with E-state index in [4.69, 9.17) is 9.15 Å². The SMILES string of the molecule is COc1ccc(-c2nnn(CC(=O)N(Cc3ccco3)[C@@H](C(=O)NC3CCCCC3)c3ccc(F)cc3)n2)cc1. The van der Waals surface area contributed by atoms with Gasteiger partial charge < -0.3 is 19.4 Å². The van der Waals surface area contributed by atoms with E-state index < -0.39 is 17.8 Å². The molecule has 1 aliphatic rings. The van der Waals surface area contributed by atoms with Crippen LogP contribution in [0, 0.1) is 5.82 Å². The van der Waals surface area contributed by atoms with Crippen molar-refractivity contribution in [3.8, 4) is 17.1 Å². The quantitative estimate of drug-likeness (QED) is 0.315. The maximum absolute atomic E-state index is 13.8. The molecule has 4 aromatic rings. The van der Waals surface area contributed by atoms with Gasteiger partial charge in [0.25, 0.3) is 0 Å². The van der Waals surface area contributed by atoms with E-state index >= 15 is 0 Å². The summed E-state index contributed by atoms with van der Waals surface area (Å²) in [6.45, 7) is -0.246. The number of halogens is 1. The molecule has 208 valence electrons. The molecule has 1 atom stereocenters. The number of hydrogen-bond acceptors (Lipinski definition) is 7. The number of carbonyl (C=O) groups is 2. The van der Waals surface area contributed by atoms with Crippen LogP contribution < -0.4 is 10.1 Å². The van der Waals surface area contributed by atoms with Crippen molar-refractivity contribution in [3.63, 3.8) is 0 Å². The second-order valence-corrected chi connectivity index (χ2v) is 9.77. The van der Waals surface area contributed by atoms with Gasteiger partial charge >= 0.3 is 0 Å². The zero-order valence-electron chi connectivity index (χ0n) is 22.2. The summed E-state index contributed by atoms with van der Waals surface area (Å²) in [6, 6.07) is 15.2. The van der Waals surface area contributed by atoms with E-state index in [-0.39, 0.29) is 25.0 Å². The topological polar surface area (TPSA) is 115 Å². The monoisotopic (exact) mass is 546 g/mol. The van der Waals surface area contributed by atoms with Crippen molar-refractivity contribution in [1.29, 1.82) is 0 Å². The van der Waals surface area contributed by atoms with Crippen LogP contribution in [0.15, 0.2) is 71.3 Å². The highest BCUT2D eigenvalue weighted by molar-refractivity contribution is 5.88. The summed E-state index contributed by atoms with van der Waals surface area (Å²) in [6.07, 6.45) is 6.48. The Balaban J connectivity index is 1.42. The second kappa shape index (κ2) is 12.5. The van der Waals surface area contributed by atoms with E-state index in [0.29, 0.717) is 28.5 Å². The minimum absolute atomic E-state index is 0.0198. The first kappa shape index (κ1) is 27.0. The lowest BCUT2D eigenvalue weighted by molar-refractivity contribution is -0.143. The number of tetrazole rings is 1. The molecule has 2 aromatic carbocycles. The standard InChI is InChI=1S/C29H31FN6O4/c1-39-24-15-11-21(12-16-24)28-32-34-36(33-28)19-26(37)35(18-25-8-5-17-40-25)27(20-9-13-22(30)14-10-20)29(38)31-23-6-3-2-4-7-23/h5,8-17,23,27H,2-4,6-7,18-19H2,1H3,(H,31,38)/t27-/m1/s1. The third-order valence-electron chi connectivity index (χ3n) is 7.00.